The van der Waals surface area contributed by atoms with Crippen LogP contribution in [0.4, 0.5) is 0 Å². The Hall–Kier alpha value is -2.74. The molecule has 0 aromatic heterocycles. The van der Waals surface area contributed by atoms with Gasteiger partial charge in [-0.1, -0.05) is 42.5 Å². The van der Waals surface area contributed by atoms with Crippen molar-refractivity contribution in [2.24, 2.45) is 17.3 Å². The Morgan fingerprint density at radius 1 is 0.974 bits per heavy atom. The Morgan fingerprint density at radius 3 is 2.41 bits per heavy atom. The summed E-state index contributed by atoms with van der Waals surface area (Å²) in [6.45, 7) is 6.59. The van der Waals surface area contributed by atoms with E-state index in [-0.39, 0.29) is 23.3 Å². The van der Waals surface area contributed by atoms with E-state index in [0.29, 0.717) is 24.2 Å². The first kappa shape index (κ1) is 26.5. The van der Waals surface area contributed by atoms with E-state index in [1.165, 1.54) is 5.56 Å². The molecule has 0 saturated carbocycles. The van der Waals surface area contributed by atoms with E-state index < -0.39 is 0 Å². The van der Waals surface area contributed by atoms with Crippen LogP contribution >= 0.6 is 0 Å². The summed E-state index contributed by atoms with van der Waals surface area (Å²) in [4.78, 5) is 32.3. The first-order chi connectivity index (χ1) is 19.1. The van der Waals surface area contributed by atoms with Gasteiger partial charge in [0.1, 0.15) is 5.75 Å². The number of benzene rings is 2. The molecule has 1 spiro atoms. The summed E-state index contributed by atoms with van der Waals surface area (Å²) in [7, 11) is 1.67. The average molecular weight is 531 g/mol. The lowest BCUT2D eigenvalue weighted by Gasteiger charge is -2.44. The fourth-order valence-corrected chi connectivity index (χ4v) is 7.59. The van der Waals surface area contributed by atoms with Crippen LogP contribution in [0, 0.1) is 17.3 Å². The number of amides is 1. The minimum Gasteiger partial charge on any atom is -0.497 e. The number of likely N-dealkylation sites (tertiary alicyclic amines) is 2. The predicted molar refractivity (Wildman–Crippen MR) is 152 cm³/mol. The zero-order chi connectivity index (χ0) is 26.8. The number of carbonyl (C=O) groups is 2. The van der Waals surface area contributed by atoms with Crippen LogP contribution in [-0.4, -0.2) is 80.5 Å². The Balaban J connectivity index is 1.17. The van der Waals surface area contributed by atoms with Gasteiger partial charge in [0.05, 0.1) is 18.6 Å². The maximum absolute atomic E-state index is 14.1. The molecule has 0 aliphatic carbocycles. The maximum Gasteiger partial charge on any atom is 0.229 e. The molecule has 1 amide bonds. The molecular weight excluding hydrogens is 488 g/mol. The molecule has 4 atom stereocenters. The molecule has 208 valence electrons. The number of hydrogen-bond donors (Lipinski definition) is 2. The van der Waals surface area contributed by atoms with E-state index >= 15 is 0 Å². The van der Waals surface area contributed by atoms with Crippen molar-refractivity contribution in [1.29, 1.82) is 0 Å². The first-order valence-electron chi connectivity index (χ1n) is 14.7. The van der Waals surface area contributed by atoms with Gasteiger partial charge in [-0.15, -0.1) is 0 Å². The topological polar surface area (TPSA) is 73.9 Å². The molecule has 2 aromatic carbocycles. The number of piperidine rings is 1. The maximum atomic E-state index is 14.1. The predicted octanol–water partition coefficient (Wildman–Crippen LogP) is 3.06. The van der Waals surface area contributed by atoms with E-state index in [0.717, 1.165) is 82.8 Å². The normalized spacial score (nSPS) is 27.8. The Bertz CT molecular complexity index is 1140. The minimum atomic E-state index is -0.280. The molecule has 0 bridgehead atoms. The Morgan fingerprint density at radius 2 is 1.72 bits per heavy atom. The molecule has 2 unspecified atom stereocenters. The smallest absolute Gasteiger partial charge is 0.229 e. The van der Waals surface area contributed by atoms with Crippen molar-refractivity contribution < 1.29 is 14.3 Å². The molecule has 4 aliphatic heterocycles. The van der Waals surface area contributed by atoms with Gasteiger partial charge in [0.2, 0.25) is 5.91 Å². The second-order valence-electron chi connectivity index (χ2n) is 12.0. The highest BCUT2D eigenvalue weighted by atomic mass is 16.5. The summed E-state index contributed by atoms with van der Waals surface area (Å²) < 4.78 is 5.28. The fraction of sp³-hybridized carbons (Fsp3) is 0.562. The first-order valence-corrected chi connectivity index (χ1v) is 14.7. The zero-order valence-electron chi connectivity index (χ0n) is 23.1. The third-order valence-electron chi connectivity index (χ3n) is 9.93. The van der Waals surface area contributed by atoms with E-state index in [1.54, 1.807) is 7.11 Å². The summed E-state index contributed by atoms with van der Waals surface area (Å²) in [5, 5.41) is 7.02. The average Bonchev–Trinajstić information content (AvgIpc) is 3.74. The lowest BCUT2D eigenvalue weighted by molar-refractivity contribution is -0.140. The fourth-order valence-electron chi connectivity index (χ4n) is 7.59. The lowest BCUT2D eigenvalue weighted by Crippen LogP contribution is -2.55. The SMILES string of the molecule is COc1ccc(CN2CCC3(CCN(C(C(=O)C4CCNC4)[C@@H]4CNC[C@@H]4c4ccccc4)CC3)C2=O)cc1. The van der Waals surface area contributed by atoms with E-state index in [4.69, 9.17) is 4.74 Å². The van der Waals surface area contributed by atoms with Gasteiger partial charge in [0.25, 0.3) is 0 Å². The molecule has 4 fully saturated rings. The third kappa shape index (κ3) is 5.24. The molecule has 4 saturated heterocycles. The summed E-state index contributed by atoms with van der Waals surface area (Å²) in [6.07, 6.45) is 3.53. The number of hydrogen-bond acceptors (Lipinski definition) is 6. The molecule has 0 radical (unpaired) electrons. The largest absolute Gasteiger partial charge is 0.497 e. The molecule has 2 aromatic rings. The van der Waals surface area contributed by atoms with Crippen LogP contribution in [-0.2, 0) is 16.1 Å². The second-order valence-corrected chi connectivity index (χ2v) is 12.0. The number of Topliss-reactive ketones (excluding diaryl/α,β-unsaturated/α-hetero) is 1. The molecular formula is C32H42N4O3. The van der Waals surface area contributed by atoms with E-state index in [1.807, 2.05) is 29.2 Å². The zero-order valence-corrected chi connectivity index (χ0v) is 23.1. The van der Waals surface area contributed by atoms with Gasteiger partial charge in [-0.05, 0) is 68.6 Å². The lowest BCUT2D eigenvalue weighted by atomic mass is 9.74. The van der Waals surface area contributed by atoms with Crippen LogP contribution in [0.3, 0.4) is 0 Å². The molecule has 6 rings (SSSR count). The van der Waals surface area contributed by atoms with E-state index in [9.17, 15) is 9.59 Å². The second kappa shape index (κ2) is 11.4. The summed E-state index contributed by atoms with van der Waals surface area (Å²) in [6, 6.07) is 18.6. The van der Waals surface area contributed by atoms with Gasteiger partial charge in [0, 0.05) is 50.5 Å². The molecule has 7 heteroatoms. The van der Waals surface area contributed by atoms with Gasteiger partial charge in [0.15, 0.2) is 5.78 Å². The van der Waals surface area contributed by atoms with Gasteiger partial charge in [-0.25, -0.2) is 0 Å². The van der Waals surface area contributed by atoms with Crippen molar-refractivity contribution in [2.45, 2.75) is 44.2 Å². The van der Waals surface area contributed by atoms with Crippen LogP contribution in [0.15, 0.2) is 54.6 Å². The van der Waals surface area contributed by atoms with Crippen LogP contribution in [0.2, 0.25) is 0 Å². The number of carbonyl (C=O) groups excluding carboxylic acids is 2. The summed E-state index contributed by atoms with van der Waals surface area (Å²) in [5.74, 6) is 2.21. The molecule has 39 heavy (non-hydrogen) atoms. The van der Waals surface area contributed by atoms with Crippen molar-refractivity contribution >= 4 is 11.7 Å². The monoisotopic (exact) mass is 530 g/mol. The number of ether oxygens (including phenoxy) is 1. The van der Waals surface area contributed by atoms with Crippen LogP contribution in [0.25, 0.3) is 0 Å². The van der Waals surface area contributed by atoms with Gasteiger partial charge >= 0.3 is 0 Å². The number of nitrogens with one attached hydrogen (secondary N) is 2. The van der Waals surface area contributed by atoms with Crippen molar-refractivity contribution in [1.82, 2.24) is 20.4 Å². The highest BCUT2D eigenvalue weighted by Crippen LogP contribution is 2.44. The van der Waals surface area contributed by atoms with Crippen LogP contribution in [0.5, 0.6) is 5.75 Å². The molecule has 4 aliphatic rings. The third-order valence-corrected chi connectivity index (χ3v) is 9.93. The highest BCUT2D eigenvalue weighted by molar-refractivity contribution is 5.88. The summed E-state index contributed by atoms with van der Waals surface area (Å²) >= 11 is 0. The van der Waals surface area contributed by atoms with Crippen molar-refractivity contribution in [3.63, 3.8) is 0 Å². The standard InChI is InChI=1S/C32H42N4O3/c1-39-26-9-7-23(8-10-26)22-36-18-14-32(31(36)38)12-16-35(17-13-32)29(30(37)25-11-15-33-19-25)28-21-34-20-27(28)24-5-3-2-4-6-24/h2-10,25,27-29,33-34H,11-22H2,1H3/t25?,27-,28-,29?/m1/s1. The molecule has 2 N–H and O–H groups in total. The number of rotatable bonds is 8. The van der Waals surface area contributed by atoms with Gasteiger partial charge < -0.3 is 20.3 Å². The Kier molecular flexibility index (Phi) is 7.74. The van der Waals surface area contributed by atoms with E-state index in [2.05, 4.69) is 45.9 Å². The van der Waals surface area contributed by atoms with Crippen molar-refractivity contribution in [3.8, 4) is 5.75 Å². The minimum absolute atomic E-state index is 0.0935. The number of methoxy groups -OCH3 is 1. The highest BCUT2D eigenvalue weighted by Gasteiger charge is 2.51. The number of nitrogens with zero attached hydrogens (tertiary/aromatic N) is 2. The summed E-state index contributed by atoms with van der Waals surface area (Å²) in [5.41, 5.74) is 2.18. The molecule has 7 nitrogen and oxygen atoms in total. The van der Waals surface area contributed by atoms with Crippen LogP contribution in [0.1, 0.15) is 42.7 Å². The number of ketones is 1. The van der Waals surface area contributed by atoms with Gasteiger partial charge in [-0.2, -0.15) is 0 Å². The quantitative estimate of drug-likeness (QED) is 0.547. The Labute approximate surface area is 232 Å². The van der Waals surface area contributed by atoms with Gasteiger partial charge in [-0.3, -0.25) is 14.5 Å². The van der Waals surface area contributed by atoms with Crippen LogP contribution < -0.4 is 15.4 Å². The molecule has 4 heterocycles. The van der Waals surface area contributed by atoms with Crippen molar-refractivity contribution in [3.05, 3.63) is 65.7 Å². The van der Waals surface area contributed by atoms with Crippen molar-refractivity contribution in [2.75, 3.05) is 52.9 Å².